The van der Waals surface area contributed by atoms with Crippen LogP contribution in [0.15, 0.2) is 46.7 Å². The Balaban J connectivity index is 1.82. The molecule has 0 saturated heterocycles. The molecule has 1 heterocycles. The van der Waals surface area contributed by atoms with Crippen molar-refractivity contribution in [3.05, 3.63) is 65.4 Å². The maximum absolute atomic E-state index is 14.0. The molecule has 0 aliphatic heterocycles. The third-order valence-corrected chi connectivity index (χ3v) is 7.18. The molecule has 1 atom stereocenters. The fraction of sp³-hybridized carbons (Fsp3) is 0.200. The molecular formula is C20H19F2N3O2S2. The molecule has 152 valence electrons. The lowest BCUT2D eigenvalue weighted by molar-refractivity contribution is -0.117. The fourth-order valence-corrected chi connectivity index (χ4v) is 4.58. The Hall–Kier alpha value is -2.65. The number of rotatable bonds is 5. The maximum atomic E-state index is 14.0. The van der Waals surface area contributed by atoms with Crippen molar-refractivity contribution in [3.63, 3.8) is 0 Å². The smallest absolute Gasteiger partial charge is 0.232 e. The maximum Gasteiger partial charge on any atom is 0.232 e. The number of likely N-dealkylation sites (N-methyl/N-ethyl adjacent to an activating group) is 1. The second-order valence-corrected chi connectivity index (χ2v) is 9.76. The zero-order valence-electron chi connectivity index (χ0n) is 18.5. The van der Waals surface area contributed by atoms with Gasteiger partial charge in [-0.1, -0.05) is 35.6 Å². The van der Waals surface area contributed by atoms with Gasteiger partial charge in [0.05, 0.1) is 21.8 Å². The van der Waals surface area contributed by atoms with Gasteiger partial charge < -0.3 is 0 Å². The molecule has 0 spiro atoms. The second-order valence-electron chi connectivity index (χ2n) is 6.43. The number of hydrogen-bond acceptors (Lipinski definition) is 5. The summed E-state index contributed by atoms with van der Waals surface area (Å²) in [6, 6.07) is 9.51. The van der Waals surface area contributed by atoms with Gasteiger partial charge in [0, 0.05) is 23.0 Å². The Kier molecular flexibility index (Phi) is 4.75. The summed E-state index contributed by atoms with van der Waals surface area (Å²) in [5, 5.41) is 0.0244. The van der Waals surface area contributed by atoms with Crippen LogP contribution >= 0.6 is 11.3 Å². The van der Waals surface area contributed by atoms with E-state index in [9.17, 15) is 17.8 Å². The summed E-state index contributed by atoms with van der Waals surface area (Å²) in [6.45, 7) is -2.67. The fourth-order valence-electron chi connectivity index (χ4n) is 2.62. The molecule has 0 fully saturated rings. The summed E-state index contributed by atoms with van der Waals surface area (Å²) in [6.07, 6.45) is 1.03. The molecule has 1 aromatic heterocycles. The number of halogens is 2. The highest BCUT2D eigenvalue weighted by Gasteiger charge is 2.20. The lowest BCUT2D eigenvalue weighted by Gasteiger charge is -2.14. The number of anilines is 1. The zero-order chi connectivity index (χ0) is 23.8. The van der Waals surface area contributed by atoms with Crippen molar-refractivity contribution >= 4 is 32.1 Å². The number of nitrogens with zero attached hydrogens (tertiary/aromatic N) is 2. The second kappa shape index (κ2) is 8.00. The third-order valence-electron chi connectivity index (χ3n) is 4.15. The van der Waals surface area contributed by atoms with Crippen molar-refractivity contribution < 1.29 is 21.9 Å². The van der Waals surface area contributed by atoms with Crippen molar-refractivity contribution in [3.8, 4) is 11.1 Å². The van der Waals surface area contributed by atoms with Crippen molar-refractivity contribution in [1.29, 1.82) is 4.78 Å². The monoisotopic (exact) mass is 438 g/mol. The van der Waals surface area contributed by atoms with E-state index in [2.05, 4.69) is 4.98 Å². The third kappa shape index (κ3) is 4.68. The highest BCUT2D eigenvalue weighted by molar-refractivity contribution is 7.93. The number of aryl methyl sites for hydroxylation is 1. The lowest BCUT2D eigenvalue weighted by Crippen LogP contribution is -2.27. The van der Waals surface area contributed by atoms with Gasteiger partial charge in [-0.15, -0.1) is 0 Å². The first-order chi connectivity index (χ1) is 14.8. The summed E-state index contributed by atoms with van der Waals surface area (Å²) in [7, 11) is -1.94. The molecule has 3 rings (SSSR count). The van der Waals surface area contributed by atoms with Gasteiger partial charge in [0.1, 0.15) is 15.8 Å². The Morgan fingerprint density at radius 2 is 1.97 bits per heavy atom. The number of nitrogens with one attached hydrogen (secondary N) is 1. The molecule has 1 amide bonds. The van der Waals surface area contributed by atoms with E-state index in [0.29, 0.717) is 11.1 Å². The predicted molar refractivity (Wildman–Crippen MR) is 111 cm³/mol. The van der Waals surface area contributed by atoms with Gasteiger partial charge in [-0.3, -0.25) is 9.69 Å². The Bertz CT molecular complexity index is 1270. The molecule has 0 saturated carbocycles. The highest BCUT2D eigenvalue weighted by atomic mass is 32.2. The normalized spacial score (nSPS) is 15.1. The van der Waals surface area contributed by atoms with Crippen LogP contribution in [0, 0.1) is 23.3 Å². The number of thiazole rings is 1. The van der Waals surface area contributed by atoms with E-state index < -0.39 is 39.8 Å². The molecule has 5 nitrogen and oxygen atoms in total. The molecule has 29 heavy (non-hydrogen) atoms. The zero-order valence-corrected chi connectivity index (χ0v) is 17.2. The summed E-state index contributed by atoms with van der Waals surface area (Å²) >= 11 is 0.737. The SMILES string of the molecule is [2H]C([2H])([2H])c1nc(N(C)C(=O)Cc2ccc(-c3cc(F)ccc3F)cc2)sc1[S@@](C)(=N)=O. The van der Waals surface area contributed by atoms with Gasteiger partial charge in [0.15, 0.2) is 5.13 Å². The molecule has 0 bridgehead atoms. The lowest BCUT2D eigenvalue weighted by atomic mass is 10.0. The van der Waals surface area contributed by atoms with E-state index in [1.807, 2.05) is 0 Å². The molecule has 0 aliphatic carbocycles. The van der Waals surface area contributed by atoms with Crippen LogP contribution in [0.3, 0.4) is 0 Å². The molecule has 9 heteroatoms. The van der Waals surface area contributed by atoms with Crippen LogP contribution in [0.25, 0.3) is 11.1 Å². The average Bonchev–Trinajstić information content (AvgIpc) is 3.16. The van der Waals surface area contributed by atoms with Gasteiger partial charge in [0.2, 0.25) is 5.91 Å². The predicted octanol–water partition coefficient (Wildman–Crippen LogP) is 4.64. The number of amides is 1. The summed E-state index contributed by atoms with van der Waals surface area (Å²) in [5.74, 6) is -1.55. The first-order valence-corrected chi connectivity index (χ1v) is 11.1. The summed E-state index contributed by atoms with van der Waals surface area (Å²) < 4.78 is 69.8. The Morgan fingerprint density at radius 3 is 2.55 bits per heavy atom. The van der Waals surface area contributed by atoms with Crippen molar-refractivity contribution in [1.82, 2.24) is 4.98 Å². The van der Waals surface area contributed by atoms with Crippen molar-refractivity contribution in [2.24, 2.45) is 0 Å². The van der Waals surface area contributed by atoms with E-state index in [4.69, 9.17) is 8.89 Å². The minimum atomic E-state index is -3.35. The summed E-state index contributed by atoms with van der Waals surface area (Å²) in [5.41, 5.74) is 0.703. The van der Waals surface area contributed by atoms with Crippen LogP contribution in [0.5, 0.6) is 0 Å². The van der Waals surface area contributed by atoms with Gasteiger partial charge in [-0.2, -0.15) is 0 Å². The van der Waals surface area contributed by atoms with Crippen LogP contribution in [0.2, 0.25) is 0 Å². The van der Waals surface area contributed by atoms with E-state index in [0.717, 1.165) is 40.7 Å². The number of carbonyl (C=O) groups is 1. The van der Waals surface area contributed by atoms with Crippen molar-refractivity contribution in [2.75, 3.05) is 18.2 Å². The van der Waals surface area contributed by atoms with Crippen LogP contribution < -0.4 is 4.90 Å². The Morgan fingerprint density at radius 1 is 1.28 bits per heavy atom. The average molecular weight is 439 g/mol. The quantitative estimate of drug-likeness (QED) is 0.631. The van der Waals surface area contributed by atoms with E-state index in [1.54, 1.807) is 24.3 Å². The molecule has 2 aromatic carbocycles. The van der Waals surface area contributed by atoms with Gasteiger partial charge >= 0.3 is 0 Å². The first-order valence-electron chi connectivity index (χ1n) is 9.83. The molecule has 0 unspecified atom stereocenters. The van der Waals surface area contributed by atoms with Gasteiger partial charge in [-0.25, -0.2) is 22.8 Å². The largest absolute Gasteiger partial charge is 0.291 e. The summed E-state index contributed by atoms with van der Waals surface area (Å²) in [4.78, 5) is 17.8. The van der Waals surface area contributed by atoms with Crippen LogP contribution in [0.1, 0.15) is 15.4 Å². The Labute approximate surface area is 176 Å². The van der Waals surface area contributed by atoms with E-state index >= 15 is 0 Å². The van der Waals surface area contributed by atoms with Crippen LogP contribution in [-0.4, -0.2) is 28.4 Å². The minimum absolute atomic E-state index is 0.0244. The number of hydrogen-bond donors (Lipinski definition) is 1. The van der Waals surface area contributed by atoms with Crippen LogP contribution in [0.4, 0.5) is 13.9 Å². The van der Waals surface area contributed by atoms with E-state index in [-0.39, 0.29) is 21.3 Å². The standard InChI is InChI=1S/C20H19F2N3O2S2/c1-12-19(29(3,23)27)28-20(24-12)25(2)18(26)10-13-4-6-14(7-5-13)16-11-15(21)8-9-17(16)22/h4-9,11,23H,10H2,1-3H3/t29-/m0/s1/i1D3. The first kappa shape index (κ1) is 17.2. The number of carbonyl (C=O) groups excluding carboxylic acids is 1. The molecule has 1 N–H and O–H groups in total. The van der Waals surface area contributed by atoms with E-state index in [1.165, 1.54) is 7.05 Å². The molecular weight excluding hydrogens is 416 g/mol. The van der Waals surface area contributed by atoms with Gasteiger partial charge in [-0.05, 0) is 36.2 Å². The van der Waals surface area contributed by atoms with Crippen molar-refractivity contribution in [2.45, 2.75) is 17.5 Å². The topological polar surface area (TPSA) is 74.1 Å². The van der Waals surface area contributed by atoms with Crippen LogP contribution in [-0.2, 0) is 20.9 Å². The highest BCUT2D eigenvalue weighted by Crippen LogP contribution is 2.30. The number of benzene rings is 2. The molecule has 0 radical (unpaired) electrons. The molecule has 3 aromatic rings. The number of aromatic nitrogens is 1. The minimum Gasteiger partial charge on any atom is -0.291 e. The van der Waals surface area contributed by atoms with Gasteiger partial charge in [0.25, 0.3) is 0 Å². The molecule has 0 aliphatic rings.